The van der Waals surface area contributed by atoms with E-state index in [4.69, 9.17) is 0 Å². The Balaban J connectivity index is 1.44. The molecule has 2 N–H and O–H groups in total. The van der Waals surface area contributed by atoms with Gasteiger partial charge in [-0.2, -0.15) is 13.2 Å². The maximum Gasteiger partial charge on any atom is 0.391 e. The van der Waals surface area contributed by atoms with E-state index in [1.165, 1.54) is 31.3 Å². The van der Waals surface area contributed by atoms with Gasteiger partial charge in [0.2, 0.25) is 0 Å². The highest BCUT2D eigenvalue weighted by atomic mass is 19.4. The molecule has 9 atom stereocenters. The van der Waals surface area contributed by atoms with Crippen LogP contribution in [0.15, 0.2) is 11.6 Å². The average Bonchev–Trinajstić information content (AvgIpc) is 3.09. The van der Waals surface area contributed by atoms with E-state index in [0.29, 0.717) is 36.0 Å². The molecule has 0 aliphatic heterocycles. The van der Waals surface area contributed by atoms with Crippen molar-refractivity contribution >= 4 is 0 Å². The van der Waals surface area contributed by atoms with Crippen LogP contribution in [0.25, 0.3) is 0 Å². The van der Waals surface area contributed by atoms with E-state index in [0.717, 1.165) is 32.1 Å². The van der Waals surface area contributed by atoms with Crippen LogP contribution in [0, 0.1) is 40.4 Å². The monoisotopic (exact) mass is 470 g/mol. The van der Waals surface area contributed by atoms with Crippen molar-refractivity contribution in [1.82, 2.24) is 0 Å². The van der Waals surface area contributed by atoms with Gasteiger partial charge in [0.05, 0.1) is 18.1 Å². The first kappa shape index (κ1) is 25.5. The van der Waals surface area contributed by atoms with Crippen LogP contribution in [-0.2, 0) is 0 Å². The largest absolute Gasteiger partial charge is 0.393 e. The Morgan fingerprint density at radius 2 is 1.79 bits per heavy atom. The molecule has 4 aliphatic rings. The van der Waals surface area contributed by atoms with Gasteiger partial charge in [-0.3, -0.25) is 0 Å². The second-order valence-electron chi connectivity index (χ2n) is 12.8. The molecule has 0 aromatic rings. The second-order valence-corrected chi connectivity index (χ2v) is 12.8. The minimum Gasteiger partial charge on any atom is -0.393 e. The van der Waals surface area contributed by atoms with Crippen molar-refractivity contribution in [3.8, 4) is 0 Å². The SMILES string of the molecule is CC[C@]1(O)CCC2(C)C(=CC[C@@H]3[C@@H]2CC[C@]2(C)[C@@H]([C@H](C)CCC(O)CC(F)(F)F)CC[C@@H]32)C1. The van der Waals surface area contributed by atoms with Gasteiger partial charge >= 0.3 is 6.18 Å². The quantitative estimate of drug-likeness (QED) is 0.396. The fourth-order valence-electron chi connectivity index (χ4n) is 9.01. The number of alkyl halides is 3. The number of aliphatic hydroxyl groups excluding tert-OH is 1. The fraction of sp³-hybridized carbons (Fsp3) is 0.929. The third-order valence-corrected chi connectivity index (χ3v) is 11.1. The van der Waals surface area contributed by atoms with Gasteiger partial charge in [-0.15, -0.1) is 0 Å². The molecule has 2 unspecified atom stereocenters. The molecule has 190 valence electrons. The molecule has 0 aromatic heterocycles. The number of rotatable bonds is 6. The fourth-order valence-corrected chi connectivity index (χ4v) is 9.01. The van der Waals surface area contributed by atoms with Gasteiger partial charge in [-0.05, 0) is 111 Å². The summed E-state index contributed by atoms with van der Waals surface area (Å²) in [5.41, 5.74) is 1.46. The Bertz CT molecular complexity index is 748. The number of hydrogen-bond donors (Lipinski definition) is 2. The number of allylic oxidation sites excluding steroid dienone is 1. The first-order valence-electron chi connectivity index (χ1n) is 13.5. The maximum atomic E-state index is 12.6. The number of hydrogen-bond acceptors (Lipinski definition) is 2. The molecule has 0 amide bonds. The van der Waals surface area contributed by atoms with Crippen molar-refractivity contribution in [3.63, 3.8) is 0 Å². The van der Waals surface area contributed by atoms with Gasteiger partial charge in [0.15, 0.2) is 0 Å². The molecule has 0 bridgehead atoms. The van der Waals surface area contributed by atoms with Crippen LogP contribution < -0.4 is 0 Å². The van der Waals surface area contributed by atoms with E-state index in [1.54, 1.807) is 0 Å². The van der Waals surface area contributed by atoms with Crippen LogP contribution in [0.5, 0.6) is 0 Å². The van der Waals surface area contributed by atoms with Crippen molar-refractivity contribution < 1.29 is 23.4 Å². The summed E-state index contributed by atoms with van der Waals surface area (Å²) >= 11 is 0. The highest BCUT2D eigenvalue weighted by Gasteiger charge is 2.59. The summed E-state index contributed by atoms with van der Waals surface area (Å²) in [6, 6.07) is 0. The van der Waals surface area contributed by atoms with Gasteiger partial charge in [0, 0.05) is 0 Å². The number of aliphatic hydroxyl groups is 2. The van der Waals surface area contributed by atoms with Crippen LogP contribution in [0.2, 0.25) is 0 Å². The van der Waals surface area contributed by atoms with Crippen LogP contribution in [0.4, 0.5) is 13.2 Å². The summed E-state index contributed by atoms with van der Waals surface area (Å²) in [4.78, 5) is 0. The zero-order valence-corrected chi connectivity index (χ0v) is 21.1. The molecular formula is C28H45F3O2. The molecule has 4 aliphatic carbocycles. The van der Waals surface area contributed by atoms with E-state index in [1.807, 2.05) is 0 Å². The Kier molecular flexibility index (Phi) is 6.84. The minimum absolute atomic E-state index is 0.219. The van der Waals surface area contributed by atoms with Gasteiger partial charge in [-0.25, -0.2) is 0 Å². The third-order valence-electron chi connectivity index (χ3n) is 11.1. The van der Waals surface area contributed by atoms with Crippen LogP contribution in [-0.4, -0.2) is 28.1 Å². The molecular weight excluding hydrogens is 425 g/mol. The standard InChI is InChI=1S/C28H45F3O2/c1-5-27(33)15-14-25(3)19(16-27)7-9-21-23-11-10-22(26(23,4)13-12-24(21)25)18(2)6-8-20(32)17-28(29,30)31/h7,18,20-24,32-33H,5-6,8-17H2,1-4H3/t18-,20?,21+,22-,23+,24+,25?,26-,27+/m1/s1. The van der Waals surface area contributed by atoms with Gasteiger partial charge in [0.1, 0.15) is 0 Å². The molecule has 5 heteroatoms. The zero-order chi connectivity index (χ0) is 24.2. The Labute approximate surface area is 198 Å². The van der Waals surface area contributed by atoms with E-state index < -0.39 is 24.3 Å². The lowest BCUT2D eigenvalue weighted by molar-refractivity contribution is -0.154. The highest BCUT2D eigenvalue weighted by Crippen LogP contribution is 2.67. The van der Waals surface area contributed by atoms with Crippen LogP contribution >= 0.6 is 0 Å². The van der Waals surface area contributed by atoms with Gasteiger partial charge in [0.25, 0.3) is 0 Å². The Morgan fingerprint density at radius 3 is 2.45 bits per heavy atom. The average molecular weight is 471 g/mol. The Morgan fingerprint density at radius 1 is 1.06 bits per heavy atom. The van der Waals surface area contributed by atoms with E-state index in [2.05, 4.69) is 33.8 Å². The lowest BCUT2D eigenvalue weighted by atomic mass is 9.46. The first-order valence-corrected chi connectivity index (χ1v) is 13.5. The molecule has 0 aromatic carbocycles. The lowest BCUT2D eigenvalue weighted by Crippen LogP contribution is -2.52. The predicted molar refractivity (Wildman–Crippen MR) is 126 cm³/mol. The van der Waals surface area contributed by atoms with Crippen LogP contribution in [0.3, 0.4) is 0 Å². The van der Waals surface area contributed by atoms with Crippen molar-refractivity contribution in [1.29, 1.82) is 0 Å². The van der Waals surface area contributed by atoms with Crippen molar-refractivity contribution in [2.24, 2.45) is 40.4 Å². The molecule has 4 rings (SSSR count). The minimum atomic E-state index is -4.29. The summed E-state index contributed by atoms with van der Waals surface area (Å²) < 4.78 is 37.8. The first-order chi connectivity index (χ1) is 15.3. The number of halogens is 3. The molecule has 2 nitrogen and oxygen atoms in total. The van der Waals surface area contributed by atoms with Gasteiger partial charge < -0.3 is 10.2 Å². The summed E-state index contributed by atoms with van der Waals surface area (Å²) in [6.07, 6.45) is 6.38. The lowest BCUT2D eigenvalue weighted by Gasteiger charge is -2.59. The van der Waals surface area contributed by atoms with Crippen molar-refractivity contribution in [2.45, 2.75) is 123 Å². The maximum absolute atomic E-state index is 12.6. The number of fused-ring (bicyclic) bond motifs is 5. The summed E-state index contributed by atoms with van der Waals surface area (Å²) in [5.74, 6) is 2.96. The molecule has 3 saturated carbocycles. The summed E-state index contributed by atoms with van der Waals surface area (Å²) in [6.45, 7) is 9.23. The molecule has 0 radical (unpaired) electrons. The zero-order valence-electron chi connectivity index (χ0n) is 21.1. The molecule has 0 saturated heterocycles. The summed E-state index contributed by atoms with van der Waals surface area (Å²) in [5, 5.41) is 20.8. The van der Waals surface area contributed by atoms with Gasteiger partial charge in [-0.1, -0.05) is 39.3 Å². The molecule has 0 heterocycles. The molecule has 3 fully saturated rings. The topological polar surface area (TPSA) is 40.5 Å². The summed E-state index contributed by atoms with van der Waals surface area (Å²) in [7, 11) is 0. The normalized spacial score (nSPS) is 44.9. The second kappa shape index (κ2) is 8.84. The smallest absolute Gasteiger partial charge is 0.391 e. The highest BCUT2D eigenvalue weighted by molar-refractivity contribution is 5.27. The molecule has 33 heavy (non-hydrogen) atoms. The third kappa shape index (κ3) is 4.67. The van der Waals surface area contributed by atoms with Crippen molar-refractivity contribution in [3.05, 3.63) is 11.6 Å². The predicted octanol–water partition coefficient (Wildman–Crippen LogP) is 7.44. The molecule has 0 spiro atoms. The van der Waals surface area contributed by atoms with Crippen LogP contribution in [0.1, 0.15) is 105 Å². The van der Waals surface area contributed by atoms with Crippen molar-refractivity contribution in [2.75, 3.05) is 0 Å². The Hall–Kier alpha value is -0.550. The van der Waals surface area contributed by atoms with E-state index in [9.17, 15) is 23.4 Å². The van der Waals surface area contributed by atoms with E-state index in [-0.39, 0.29) is 17.3 Å². The van der Waals surface area contributed by atoms with E-state index >= 15 is 0 Å².